The molecule has 3 N–H and O–H groups in total. The third kappa shape index (κ3) is 6.54. The summed E-state index contributed by atoms with van der Waals surface area (Å²) < 4.78 is 14.5. The third-order valence-electron chi connectivity index (χ3n) is 4.09. The Bertz CT molecular complexity index is 527. The third-order valence-corrected chi connectivity index (χ3v) is 4.58. The van der Waals surface area contributed by atoms with E-state index in [9.17, 15) is 4.39 Å². The minimum Gasteiger partial charge on any atom is -0.370 e. The largest absolute Gasteiger partial charge is 0.370 e. The lowest BCUT2D eigenvalue weighted by atomic mass is 10.1. The molecular formula is C16H25BrFIN4. The van der Waals surface area contributed by atoms with E-state index in [0.717, 1.165) is 24.1 Å². The van der Waals surface area contributed by atoms with Crippen molar-refractivity contribution < 1.29 is 4.39 Å². The first-order valence-corrected chi connectivity index (χ1v) is 8.61. The summed E-state index contributed by atoms with van der Waals surface area (Å²) in [5.41, 5.74) is 6.56. The Balaban J connectivity index is 0.00000264. The van der Waals surface area contributed by atoms with Crippen LogP contribution in [0.4, 0.5) is 4.39 Å². The fourth-order valence-corrected chi connectivity index (χ4v) is 3.25. The minimum atomic E-state index is -0.190. The van der Waals surface area contributed by atoms with Crippen LogP contribution in [-0.4, -0.2) is 43.1 Å². The van der Waals surface area contributed by atoms with Crippen molar-refractivity contribution in [2.45, 2.75) is 32.2 Å². The lowest BCUT2D eigenvalue weighted by molar-refractivity contribution is 0.273. The molecule has 1 aliphatic rings. The van der Waals surface area contributed by atoms with Crippen molar-refractivity contribution in [1.82, 2.24) is 10.2 Å². The summed E-state index contributed by atoms with van der Waals surface area (Å²) in [6, 6.07) is 5.47. The van der Waals surface area contributed by atoms with Crippen LogP contribution in [0.1, 0.15) is 25.3 Å². The Morgan fingerprint density at radius 3 is 3.04 bits per heavy atom. The molecule has 1 aliphatic heterocycles. The topological polar surface area (TPSA) is 53.6 Å². The van der Waals surface area contributed by atoms with Crippen molar-refractivity contribution in [2.24, 2.45) is 10.7 Å². The molecule has 0 saturated carbocycles. The molecule has 1 atom stereocenters. The summed E-state index contributed by atoms with van der Waals surface area (Å²) in [6.07, 6.45) is 3.00. The van der Waals surface area contributed by atoms with Crippen LogP contribution >= 0.6 is 39.9 Å². The number of hydrogen-bond donors (Lipinski definition) is 2. The number of halogens is 3. The normalized spacial score (nSPS) is 18.7. The first kappa shape index (κ1) is 20.6. The maximum Gasteiger partial charge on any atom is 0.188 e. The van der Waals surface area contributed by atoms with Crippen molar-refractivity contribution in [1.29, 1.82) is 0 Å². The number of nitrogens with one attached hydrogen (secondary N) is 1. The summed E-state index contributed by atoms with van der Waals surface area (Å²) in [6.45, 7) is 5.71. The molecule has 0 radical (unpaired) electrons. The van der Waals surface area contributed by atoms with Crippen molar-refractivity contribution in [3.63, 3.8) is 0 Å². The van der Waals surface area contributed by atoms with E-state index in [-0.39, 0.29) is 29.8 Å². The summed E-state index contributed by atoms with van der Waals surface area (Å²) in [5.74, 6) is 0.253. The van der Waals surface area contributed by atoms with Crippen molar-refractivity contribution >= 4 is 45.9 Å². The molecule has 7 heteroatoms. The standard InChI is InChI=1S/C16H24BrFN4.HI/c1-2-22-9-3-4-14(22)11-21-16(19)20-8-7-12-10-13(17)5-6-15(12)18;/h5-6,10,14H,2-4,7-9,11H2,1H3,(H3,19,20,21);1H. The molecule has 1 aromatic carbocycles. The predicted molar refractivity (Wildman–Crippen MR) is 108 cm³/mol. The van der Waals surface area contributed by atoms with Crippen LogP contribution < -0.4 is 11.1 Å². The van der Waals surface area contributed by atoms with E-state index in [2.05, 4.69) is 38.1 Å². The van der Waals surface area contributed by atoms with Crippen molar-refractivity contribution in [3.8, 4) is 0 Å². The zero-order valence-electron chi connectivity index (χ0n) is 13.4. The van der Waals surface area contributed by atoms with Gasteiger partial charge in [-0.3, -0.25) is 9.89 Å². The van der Waals surface area contributed by atoms with Gasteiger partial charge in [0.05, 0.1) is 6.54 Å². The highest BCUT2D eigenvalue weighted by molar-refractivity contribution is 14.0. The fraction of sp³-hybridized carbons (Fsp3) is 0.562. The van der Waals surface area contributed by atoms with Crippen LogP contribution in [0.3, 0.4) is 0 Å². The quantitative estimate of drug-likeness (QED) is 0.360. The Hall–Kier alpha value is -0.410. The SMILES string of the molecule is CCN1CCCC1CN=C(N)NCCc1cc(Br)ccc1F.I. The highest BCUT2D eigenvalue weighted by Gasteiger charge is 2.22. The summed E-state index contributed by atoms with van der Waals surface area (Å²) in [5, 5.41) is 3.06. The van der Waals surface area contributed by atoms with Gasteiger partial charge in [0.2, 0.25) is 0 Å². The zero-order chi connectivity index (χ0) is 15.9. The van der Waals surface area contributed by atoms with E-state index >= 15 is 0 Å². The van der Waals surface area contributed by atoms with Crippen LogP contribution in [0.25, 0.3) is 0 Å². The first-order chi connectivity index (χ1) is 10.6. The van der Waals surface area contributed by atoms with Gasteiger partial charge in [-0.1, -0.05) is 22.9 Å². The number of hydrogen-bond acceptors (Lipinski definition) is 2. The molecule has 1 fully saturated rings. The summed E-state index contributed by atoms with van der Waals surface area (Å²) >= 11 is 3.35. The number of nitrogens with two attached hydrogens (primary N) is 1. The number of rotatable bonds is 6. The molecule has 1 aromatic rings. The number of nitrogens with zero attached hydrogens (tertiary/aromatic N) is 2. The molecule has 1 unspecified atom stereocenters. The van der Waals surface area contributed by atoms with Crippen molar-refractivity contribution in [2.75, 3.05) is 26.2 Å². The summed E-state index contributed by atoms with van der Waals surface area (Å²) in [7, 11) is 0. The molecule has 0 amide bonds. The van der Waals surface area contributed by atoms with E-state index in [0.29, 0.717) is 30.5 Å². The average Bonchev–Trinajstić information content (AvgIpc) is 2.96. The second-order valence-electron chi connectivity index (χ2n) is 5.56. The Labute approximate surface area is 163 Å². The fourth-order valence-electron chi connectivity index (χ4n) is 2.84. The maximum atomic E-state index is 13.6. The van der Waals surface area contributed by atoms with Gasteiger partial charge in [0, 0.05) is 17.1 Å². The van der Waals surface area contributed by atoms with E-state index in [1.165, 1.54) is 18.9 Å². The Kier molecular flexibility index (Phi) is 9.38. The lowest BCUT2D eigenvalue weighted by Crippen LogP contribution is -2.36. The first-order valence-electron chi connectivity index (χ1n) is 7.82. The van der Waals surface area contributed by atoms with Crippen LogP contribution in [0, 0.1) is 5.82 Å². The summed E-state index contributed by atoms with van der Waals surface area (Å²) in [4.78, 5) is 6.85. The van der Waals surface area contributed by atoms with E-state index in [1.807, 2.05) is 0 Å². The van der Waals surface area contributed by atoms with Crippen LogP contribution in [0.2, 0.25) is 0 Å². The molecule has 1 heterocycles. The lowest BCUT2D eigenvalue weighted by Gasteiger charge is -2.20. The zero-order valence-corrected chi connectivity index (χ0v) is 17.3. The van der Waals surface area contributed by atoms with Gasteiger partial charge in [0.25, 0.3) is 0 Å². The Morgan fingerprint density at radius 2 is 2.30 bits per heavy atom. The highest BCUT2D eigenvalue weighted by Crippen LogP contribution is 2.17. The van der Waals surface area contributed by atoms with Gasteiger partial charge in [-0.15, -0.1) is 24.0 Å². The number of aliphatic imine (C=N–C) groups is 1. The van der Waals surface area contributed by atoms with Gasteiger partial charge in [-0.2, -0.15) is 0 Å². The highest BCUT2D eigenvalue weighted by atomic mass is 127. The number of guanidine groups is 1. The van der Waals surface area contributed by atoms with Gasteiger partial charge < -0.3 is 11.1 Å². The molecule has 130 valence electrons. The number of benzene rings is 1. The van der Waals surface area contributed by atoms with Gasteiger partial charge in [-0.25, -0.2) is 4.39 Å². The second kappa shape index (κ2) is 10.5. The number of likely N-dealkylation sites (tertiary alicyclic amines) is 1. The van der Waals surface area contributed by atoms with Crippen LogP contribution in [0.15, 0.2) is 27.7 Å². The molecule has 4 nitrogen and oxygen atoms in total. The predicted octanol–water partition coefficient (Wildman–Crippen LogP) is 3.14. The van der Waals surface area contributed by atoms with E-state index in [4.69, 9.17) is 5.73 Å². The van der Waals surface area contributed by atoms with Gasteiger partial charge in [0.15, 0.2) is 5.96 Å². The Morgan fingerprint density at radius 1 is 1.52 bits per heavy atom. The minimum absolute atomic E-state index is 0. The molecule has 0 aliphatic carbocycles. The smallest absolute Gasteiger partial charge is 0.188 e. The molecule has 0 aromatic heterocycles. The van der Waals surface area contributed by atoms with Crippen LogP contribution in [0.5, 0.6) is 0 Å². The number of likely N-dealkylation sites (N-methyl/N-ethyl adjacent to an activating group) is 1. The van der Waals surface area contributed by atoms with E-state index < -0.39 is 0 Å². The van der Waals surface area contributed by atoms with Crippen LogP contribution in [-0.2, 0) is 6.42 Å². The van der Waals surface area contributed by atoms with E-state index in [1.54, 1.807) is 12.1 Å². The van der Waals surface area contributed by atoms with Crippen molar-refractivity contribution in [3.05, 3.63) is 34.1 Å². The molecule has 23 heavy (non-hydrogen) atoms. The molecular weight excluding hydrogens is 474 g/mol. The second-order valence-corrected chi connectivity index (χ2v) is 6.48. The van der Waals surface area contributed by atoms with Gasteiger partial charge in [0.1, 0.15) is 5.82 Å². The molecule has 0 spiro atoms. The molecule has 1 saturated heterocycles. The van der Waals surface area contributed by atoms with Gasteiger partial charge >= 0.3 is 0 Å². The molecule has 2 rings (SSSR count). The molecule has 0 bridgehead atoms. The average molecular weight is 499 g/mol. The van der Waals surface area contributed by atoms with Gasteiger partial charge in [-0.05, 0) is 56.1 Å². The monoisotopic (exact) mass is 498 g/mol. The maximum absolute atomic E-state index is 13.6.